The molecule has 0 radical (unpaired) electrons. The van der Waals surface area contributed by atoms with Crippen LogP contribution in [-0.2, 0) is 6.54 Å². The number of benzene rings is 3. The Kier molecular flexibility index (Phi) is 7.07. The number of carbonyl (C=O) groups excluding carboxylic acids is 1. The molecule has 1 amide bonds. The molecular weight excluding hydrogens is 486 g/mol. The van der Waals surface area contributed by atoms with E-state index in [1.807, 2.05) is 68.4 Å². The summed E-state index contributed by atoms with van der Waals surface area (Å²) < 4.78 is 12.1. The monoisotopic (exact) mass is 515 g/mol. The molecular formula is C31H30ClNO4. The van der Waals surface area contributed by atoms with Crippen LogP contribution in [0.25, 0.3) is 11.0 Å². The molecule has 0 N–H and O–H groups in total. The Hall–Kier alpha value is -3.57. The van der Waals surface area contributed by atoms with E-state index < -0.39 is 6.04 Å². The van der Waals surface area contributed by atoms with Gasteiger partial charge in [0.1, 0.15) is 11.3 Å². The standard InChI is InChI=1S/C31H30ClNO4/c1-4-5-8-15-36-23-13-11-21(12-14-23)27-26-28(34)24-17-19(2)16-20(3)29(24)37-30(26)31(35)33(27)18-22-9-6-7-10-25(22)32/h6-7,9-14,16-17,27H,4-5,8,15,18H2,1-3H3. The Bertz CT molecular complexity index is 1520. The van der Waals surface area contributed by atoms with E-state index in [9.17, 15) is 9.59 Å². The smallest absolute Gasteiger partial charge is 0.291 e. The van der Waals surface area contributed by atoms with Crippen molar-refractivity contribution in [2.45, 2.75) is 52.6 Å². The van der Waals surface area contributed by atoms with Crippen LogP contribution in [0.3, 0.4) is 0 Å². The third-order valence-electron chi connectivity index (χ3n) is 6.91. The molecule has 1 aliphatic rings. The van der Waals surface area contributed by atoms with Gasteiger partial charge in [-0.15, -0.1) is 0 Å². The fraction of sp³-hybridized carbons (Fsp3) is 0.290. The Labute approximate surface area is 221 Å². The molecule has 2 heterocycles. The molecule has 0 aliphatic carbocycles. The van der Waals surface area contributed by atoms with Crippen molar-refractivity contribution in [3.05, 3.63) is 109 Å². The van der Waals surface area contributed by atoms with E-state index in [0.717, 1.165) is 47.3 Å². The number of rotatable bonds is 8. The first-order valence-electron chi connectivity index (χ1n) is 12.7. The molecule has 1 aromatic heterocycles. The minimum Gasteiger partial charge on any atom is -0.494 e. The van der Waals surface area contributed by atoms with Crippen molar-refractivity contribution >= 4 is 28.5 Å². The van der Waals surface area contributed by atoms with E-state index in [1.54, 1.807) is 11.0 Å². The van der Waals surface area contributed by atoms with Crippen molar-refractivity contribution in [3.63, 3.8) is 0 Å². The summed E-state index contributed by atoms with van der Waals surface area (Å²) in [7, 11) is 0. The third kappa shape index (κ3) is 4.76. The second kappa shape index (κ2) is 10.4. The number of nitrogens with zero attached hydrogens (tertiary/aromatic N) is 1. The van der Waals surface area contributed by atoms with Crippen LogP contribution < -0.4 is 10.2 Å². The van der Waals surface area contributed by atoms with Gasteiger partial charge in [-0.2, -0.15) is 0 Å². The number of unbranched alkanes of at least 4 members (excludes halogenated alkanes) is 2. The normalized spacial score (nSPS) is 14.9. The highest BCUT2D eigenvalue weighted by atomic mass is 35.5. The molecule has 0 fully saturated rings. The summed E-state index contributed by atoms with van der Waals surface area (Å²) in [6, 6.07) is 18.3. The Morgan fingerprint density at radius 3 is 2.49 bits per heavy atom. The van der Waals surface area contributed by atoms with Crippen molar-refractivity contribution in [1.29, 1.82) is 0 Å². The van der Waals surface area contributed by atoms with Crippen LogP contribution in [0.1, 0.15) is 70.6 Å². The lowest BCUT2D eigenvalue weighted by molar-refractivity contribution is 0.0714. The maximum absolute atomic E-state index is 13.9. The van der Waals surface area contributed by atoms with Gasteiger partial charge in [-0.1, -0.05) is 67.8 Å². The summed E-state index contributed by atoms with van der Waals surface area (Å²) in [5.41, 5.74) is 4.06. The summed E-state index contributed by atoms with van der Waals surface area (Å²) in [4.78, 5) is 29.3. The van der Waals surface area contributed by atoms with E-state index >= 15 is 0 Å². The number of hydrogen-bond donors (Lipinski definition) is 0. The van der Waals surface area contributed by atoms with Gasteiger partial charge in [0.15, 0.2) is 5.43 Å². The number of aryl methyl sites for hydroxylation is 2. The third-order valence-corrected chi connectivity index (χ3v) is 7.28. The lowest BCUT2D eigenvalue weighted by Crippen LogP contribution is -2.29. The van der Waals surface area contributed by atoms with Crippen LogP contribution in [0.2, 0.25) is 5.02 Å². The number of fused-ring (bicyclic) bond motifs is 2. The average Bonchev–Trinajstić information content (AvgIpc) is 3.16. The summed E-state index contributed by atoms with van der Waals surface area (Å²) in [6.07, 6.45) is 3.26. The Morgan fingerprint density at radius 1 is 1.00 bits per heavy atom. The zero-order chi connectivity index (χ0) is 26.1. The van der Waals surface area contributed by atoms with Gasteiger partial charge in [0.05, 0.1) is 23.6 Å². The van der Waals surface area contributed by atoms with Crippen molar-refractivity contribution in [3.8, 4) is 5.75 Å². The van der Waals surface area contributed by atoms with E-state index in [2.05, 4.69) is 6.92 Å². The molecule has 0 saturated heterocycles. The highest BCUT2D eigenvalue weighted by Crippen LogP contribution is 2.40. The molecule has 0 spiro atoms. The Morgan fingerprint density at radius 2 is 1.76 bits per heavy atom. The van der Waals surface area contributed by atoms with E-state index in [4.69, 9.17) is 20.8 Å². The van der Waals surface area contributed by atoms with Gasteiger partial charge in [-0.05, 0) is 66.8 Å². The second-order valence-electron chi connectivity index (χ2n) is 9.68. The van der Waals surface area contributed by atoms with Crippen LogP contribution in [0.15, 0.2) is 69.9 Å². The molecule has 190 valence electrons. The zero-order valence-corrected chi connectivity index (χ0v) is 22.1. The van der Waals surface area contributed by atoms with E-state index in [-0.39, 0.29) is 23.6 Å². The lowest BCUT2D eigenvalue weighted by Gasteiger charge is -2.25. The quantitative estimate of drug-likeness (QED) is 0.230. The topological polar surface area (TPSA) is 59.8 Å². The van der Waals surface area contributed by atoms with Crippen LogP contribution in [0, 0.1) is 13.8 Å². The van der Waals surface area contributed by atoms with E-state index in [1.165, 1.54) is 0 Å². The number of hydrogen-bond acceptors (Lipinski definition) is 4. The maximum atomic E-state index is 13.9. The maximum Gasteiger partial charge on any atom is 0.291 e. The van der Waals surface area contributed by atoms with Crippen molar-refractivity contribution in [2.24, 2.45) is 0 Å². The lowest BCUT2D eigenvalue weighted by atomic mass is 9.97. The van der Waals surface area contributed by atoms with Gasteiger partial charge in [-0.25, -0.2) is 0 Å². The Balaban J connectivity index is 1.61. The minimum absolute atomic E-state index is 0.0985. The fourth-order valence-electron chi connectivity index (χ4n) is 5.08. The average molecular weight is 516 g/mol. The number of ether oxygens (including phenoxy) is 1. The minimum atomic E-state index is -0.602. The summed E-state index contributed by atoms with van der Waals surface area (Å²) >= 11 is 6.46. The van der Waals surface area contributed by atoms with Crippen LogP contribution in [-0.4, -0.2) is 17.4 Å². The summed E-state index contributed by atoms with van der Waals surface area (Å²) in [5.74, 6) is 0.541. The van der Waals surface area contributed by atoms with Gasteiger partial charge in [0.25, 0.3) is 5.91 Å². The molecule has 0 saturated carbocycles. The van der Waals surface area contributed by atoms with Gasteiger partial charge < -0.3 is 14.1 Å². The molecule has 3 aromatic carbocycles. The molecule has 0 bridgehead atoms. The predicted octanol–water partition coefficient (Wildman–Crippen LogP) is 7.38. The highest BCUT2D eigenvalue weighted by Gasteiger charge is 2.43. The first kappa shape index (κ1) is 25.1. The van der Waals surface area contributed by atoms with Crippen molar-refractivity contribution in [2.75, 3.05) is 6.61 Å². The molecule has 1 atom stereocenters. The zero-order valence-electron chi connectivity index (χ0n) is 21.3. The van der Waals surface area contributed by atoms with E-state index in [0.29, 0.717) is 28.2 Å². The first-order valence-corrected chi connectivity index (χ1v) is 13.1. The predicted molar refractivity (Wildman–Crippen MR) is 147 cm³/mol. The molecule has 1 aliphatic heterocycles. The van der Waals surface area contributed by atoms with Crippen LogP contribution in [0.4, 0.5) is 0 Å². The van der Waals surface area contributed by atoms with Crippen LogP contribution >= 0.6 is 11.6 Å². The van der Waals surface area contributed by atoms with Crippen LogP contribution in [0.5, 0.6) is 5.75 Å². The highest BCUT2D eigenvalue weighted by molar-refractivity contribution is 6.31. The van der Waals surface area contributed by atoms with Gasteiger partial charge in [-0.3, -0.25) is 9.59 Å². The molecule has 5 rings (SSSR count). The van der Waals surface area contributed by atoms with Crippen molar-refractivity contribution in [1.82, 2.24) is 4.90 Å². The largest absolute Gasteiger partial charge is 0.494 e. The number of amides is 1. The fourth-order valence-corrected chi connectivity index (χ4v) is 5.28. The number of carbonyl (C=O) groups is 1. The second-order valence-corrected chi connectivity index (χ2v) is 10.1. The summed E-state index contributed by atoms with van der Waals surface area (Å²) in [6.45, 7) is 6.90. The van der Waals surface area contributed by atoms with Gasteiger partial charge >= 0.3 is 0 Å². The van der Waals surface area contributed by atoms with Gasteiger partial charge in [0, 0.05) is 11.6 Å². The van der Waals surface area contributed by atoms with Crippen molar-refractivity contribution < 1.29 is 13.9 Å². The summed E-state index contributed by atoms with van der Waals surface area (Å²) in [5, 5.41) is 1.06. The molecule has 4 aromatic rings. The molecule has 6 heteroatoms. The van der Waals surface area contributed by atoms with Gasteiger partial charge in [0.2, 0.25) is 5.76 Å². The SMILES string of the molecule is CCCCCOc1ccc(C2c3c(oc4c(C)cc(C)cc4c3=O)C(=O)N2Cc2ccccc2Cl)cc1. The first-order chi connectivity index (χ1) is 17.9. The molecule has 5 nitrogen and oxygen atoms in total. The molecule has 1 unspecified atom stereocenters. The number of halogens is 1. The molecule has 37 heavy (non-hydrogen) atoms.